The van der Waals surface area contributed by atoms with E-state index in [0.717, 1.165) is 6.07 Å². The maximum Gasteiger partial charge on any atom is 0.416 e. The quantitative estimate of drug-likeness (QED) is 0.673. The van der Waals surface area contributed by atoms with Crippen LogP contribution < -0.4 is 0 Å². The molecule has 0 aliphatic carbocycles. The van der Waals surface area contributed by atoms with E-state index in [4.69, 9.17) is 0 Å². The molecular formula is C10H9F3O. The summed E-state index contributed by atoms with van der Waals surface area (Å²) in [5, 5.41) is 0. The van der Waals surface area contributed by atoms with Gasteiger partial charge in [-0.05, 0) is 18.1 Å². The number of hydrogen-bond donors (Lipinski definition) is 0. The fraction of sp³-hybridized carbons (Fsp3) is 0.300. The van der Waals surface area contributed by atoms with Crippen molar-refractivity contribution in [2.45, 2.75) is 19.5 Å². The third kappa shape index (κ3) is 2.13. The van der Waals surface area contributed by atoms with Crippen LogP contribution in [0.25, 0.3) is 0 Å². The van der Waals surface area contributed by atoms with Crippen molar-refractivity contribution < 1.29 is 18.0 Å². The number of benzene rings is 1. The van der Waals surface area contributed by atoms with Crippen LogP contribution in [0.2, 0.25) is 0 Å². The van der Waals surface area contributed by atoms with E-state index in [9.17, 15) is 18.0 Å². The van der Waals surface area contributed by atoms with Crippen LogP contribution in [0, 0.1) is 0 Å². The van der Waals surface area contributed by atoms with Crippen LogP contribution >= 0.6 is 0 Å². The first kappa shape index (κ1) is 10.8. The second-order valence-electron chi connectivity index (χ2n) is 2.89. The molecule has 0 atom stereocenters. The van der Waals surface area contributed by atoms with Crippen molar-refractivity contribution in [1.29, 1.82) is 0 Å². The monoisotopic (exact) mass is 202 g/mol. The summed E-state index contributed by atoms with van der Waals surface area (Å²) < 4.78 is 37.3. The van der Waals surface area contributed by atoms with E-state index in [2.05, 4.69) is 0 Å². The van der Waals surface area contributed by atoms with E-state index in [1.165, 1.54) is 12.1 Å². The van der Waals surface area contributed by atoms with E-state index >= 15 is 0 Å². The first-order valence-electron chi connectivity index (χ1n) is 4.14. The van der Waals surface area contributed by atoms with E-state index in [1.807, 2.05) is 0 Å². The molecule has 0 saturated carbocycles. The number of hydrogen-bond acceptors (Lipinski definition) is 1. The highest BCUT2D eigenvalue weighted by atomic mass is 19.4. The second kappa shape index (κ2) is 3.82. The van der Waals surface area contributed by atoms with Crippen LogP contribution in [0.15, 0.2) is 18.2 Å². The molecule has 14 heavy (non-hydrogen) atoms. The molecule has 0 aliphatic rings. The minimum Gasteiger partial charge on any atom is -0.298 e. The molecule has 0 fully saturated rings. The van der Waals surface area contributed by atoms with Gasteiger partial charge in [-0.3, -0.25) is 4.79 Å². The topological polar surface area (TPSA) is 17.1 Å². The highest BCUT2D eigenvalue weighted by Crippen LogP contribution is 2.32. The van der Waals surface area contributed by atoms with Gasteiger partial charge in [0.15, 0.2) is 0 Å². The molecule has 0 radical (unpaired) electrons. The smallest absolute Gasteiger partial charge is 0.298 e. The zero-order valence-electron chi connectivity index (χ0n) is 7.56. The molecular weight excluding hydrogens is 193 g/mol. The Labute approximate surface area is 79.5 Å². The summed E-state index contributed by atoms with van der Waals surface area (Å²) in [6, 6.07) is 3.61. The number of carbonyl (C=O) groups excluding carboxylic acids is 1. The molecule has 0 N–H and O–H groups in total. The summed E-state index contributed by atoms with van der Waals surface area (Å²) in [6.07, 6.45) is -3.67. The predicted molar refractivity (Wildman–Crippen MR) is 46.2 cm³/mol. The van der Waals surface area contributed by atoms with Gasteiger partial charge in [-0.2, -0.15) is 13.2 Å². The maximum atomic E-state index is 12.4. The summed E-state index contributed by atoms with van der Waals surface area (Å²) in [7, 11) is 0. The van der Waals surface area contributed by atoms with Crippen LogP contribution in [-0.2, 0) is 12.6 Å². The molecule has 0 heterocycles. The average Bonchev–Trinajstić information content (AvgIpc) is 2.15. The Balaban J connectivity index is 3.29. The van der Waals surface area contributed by atoms with Gasteiger partial charge in [0.2, 0.25) is 0 Å². The third-order valence-corrected chi connectivity index (χ3v) is 1.96. The van der Waals surface area contributed by atoms with Crippen LogP contribution in [-0.4, -0.2) is 6.29 Å². The Bertz CT molecular complexity index is 342. The summed E-state index contributed by atoms with van der Waals surface area (Å²) in [5.41, 5.74) is -0.456. The summed E-state index contributed by atoms with van der Waals surface area (Å²) >= 11 is 0. The lowest BCUT2D eigenvalue weighted by Gasteiger charge is -2.11. The summed E-state index contributed by atoms with van der Waals surface area (Å²) in [6.45, 7) is 1.64. The Morgan fingerprint density at radius 1 is 1.36 bits per heavy atom. The zero-order chi connectivity index (χ0) is 10.8. The number of carbonyl (C=O) groups is 1. The molecule has 1 nitrogen and oxygen atoms in total. The SMILES string of the molecule is CCc1ccc(C=O)cc1C(F)(F)F. The van der Waals surface area contributed by atoms with Crippen molar-refractivity contribution in [2.75, 3.05) is 0 Å². The molecule has 1 aromatic carbocycles. The van der Waals surface area contributed by atoms with Gasteiger partial charge < -0.3 is 0 Å². The van der Waals surface area contributed by atoms with Gasteiger partial charge in [0.25, 0.3) is 0 Å². The molecule has 0 unspecified atom stereocenters. The predicted octanol–water partition coefficient (Wildman–Crippen LogP) is 3.08. The molecule has 1 rings (SSSR count). The van der Waals surface area contributed by atoms with Crippen LogP contribution in [0.4, 0.5) is 13.2 Å². The van der Waals surface area contributed by atoms with Gasteiger partial charge in [-0.25, -0.2) is 0 Å². The number of aryl methyl sites for hydroxylation is 1. The normalized spacial score (nSPS) is 11.4. The number of alkyl halides is 3. The van der Waals surface area contributed by atoms with Crippen LogP contribution in [0.5, 0.6) is 0 Å². The van der Waals surface area contributed by atoms with Crippen LogP contribution in [0.1, 0.15) is 28.4 Å². The first-order valence-corrected chi connectivity index (χ1v) is 4.14. The number of aldehydes is 1. The number of halogens is 3. The van der Waals surface area contributed by atoms with Gasteiger partial charge in [0.05, 0.1) is 5.56 Å². The van der Waals surface area contributed by atoms with Gasteiger partial charge >= 0.3 is 6.18 Å². The zero-order valence-corrected chi connectivity index (χ0v) is 7.56. The molecule has 0 bridgehead atoms. The van der Waals surface area contributed by atoms with Gasteiger partial charge in [-0.15, -0.1) is 0 Å². The summed E-state index contributed by atoms with van der Waals surface area (Å²) in [4.78, 5) is 10.3. The average molecular weight is 202 g/mol. The van der Waals surface area contributed by atoms with Crippen molar-refractivity contribution in [1.82, 2.24) is 0 Å². The summed E-state index contributed by atoms with van der Waals surface area (Å²) in [5.74, 6) is 0. The molecule has 76 valence electrons. The van der Waals surface area contributed by atoms with Gasteiger partial charge in [-0.1, -0.05) is 19.1 Å². The van der Waals surface area contributed by atoms with Gasteiger partial charge in [0.1, 0.15) is 6.29 Å². The Morgan fingerprint density at radius 2 is 2.00 bits per heavy atom. The lowest BCUT2D eigenvalue weighted by molar-refractivity contribution is -0.138. The third-order valence-electron chi connectivity index (χ3n) is 1.96. The van der Waals surface area contributed by atoms with Crippen molar-refractivity contribution in [2.24, 2.45) is 0 Å². The van der Waals surface area contributed by atoms with E-state index < -0.39 is 11.7 Å². The van der Waals surface area contributed by atoms with Crippen molar-refractivity contribution in [3.8, 4) is 0 Å². The maximum absolute atomic E-state index is 12.4. The molecule has 0 saturated heterocycles. The first-order chi connectivity index (χ1) is 6.49. The number of rotatable bonds is 2. The largest absolute Gasteiger partial charge is 0.416 e. The molecule has 0 aromatic heterocycles. The molecule has 0 spiro atoms. The fourth-order valence-electron chi connectivity index (χ4n) is 1.24. The minimum atomic E-state index is -4.38. The highest BCUT2D eigenvalue weighted by Gasteiger charge is 2.32. The lowest BCUT2D eigenvalue weighted by atomic mass is 10.0. The Hall–Kier alpha value is -1.32. The van der Waals surface area contributed by atoms with Crippen LogP contribution in [0.3, 0.4) is 0 Å². The van der Waals surface area contributed by atoms with E-state index in [1.54, 1.807) is 6.92 Å². The highest BCUT2D eigenvalue weighted by molar-refractivity contribution is 5.75. The standard InChI is InChI=1S/C10H9F3O/c1-2-8-4-3-7(6-14)5-9(8)10(11,12)13/h3-6H,2H2,1H3. The lowest BCUT2D eigenvalue weighted by Crippen LogP contribution is -2.09. The fourth-order valence-corrected chi connectivity index (χ4v) is 1.24. The van der Waals surface area contributed by atoms with Crippen molar-refractivity contribution in [3.63, 3.8) is 0 Å². The Morgan fingerprint density at radius 3 is 2.43 bits per heavy atom. The van der Waals surface area contributed by atoms with Gasteiger partial charge in [0, 0.05) is 5.56 Å². The second-order valence-corrected chi connectivity index (χ2v) is 2.89. The molecule has 4 heteroatoms. The molecule has 0 aliphatic heterocycles. The molecule has 1 aromatic rings. The Kier molecular flexibility index (Phi) is 2.93. The van der Waals surface area contributed by atoms with E-state index in [0.29, 0.717) is 12.7 Å². The van der Waals surface area contributed by atoms with E-state index in [-0.39, 0.29) is 11.1 Å². The van der Waals surface area contributed by atoms with Crippen molar-refractivity contribution in [3.05, 3.63) is 34.9 Å². The minimum absolute atomic E-state index is 0.0505. The van der Waals surface area contributed by atoms with Crippen molar-refractivity contribution >= 4 is 6.29 Å². The molecule has 0 amide bonds.